The van der Waals surface area contributed by atoms with Crippen molar-refractivity contribution in [3.8, 4) is 5.69 Å². The molecule has 4 rings (SSSR count). The number of fused-ring (bicyclic) bond motifs is 1. The van der Waals surface area contributed by atoms with E-state index in [2.05, 4.69) is 10.4 Å². The molecule has 0 saturated carbocycles. The van der Waals surface area contributed by atoms with Gasteiger partial charge in [-0.05, 0) is 43.0 Å². The molecule has 1 N–H and O–H groups in total. The number of para-hydroxylation sites is 1. The number of nitrogens with zero attached hydrogens (tertiary/aromatic N) is 2. The van der Waals surface area contributed by atoms with E-state index in [1.54, 1.807) is 35.0 Å². The van der Waals surface area contributed by atoms with Crippen LogP contribution in [0.15, 0.2) is 48.5 Å². The molecule has 25 heavy (non-hydrogen) atoms. The maximum atomic E-state index is 14.3. The highest BCUT2D eigenvalue weighted by molar-refractivity contribution is 5.55. The van der Waals surface area contributed by atoms with E-state index < -0.39 is 0 Å². The van der Waals surface area contributed by atoms with Crippen molar-refractivity contribution in [3.05, 3.63) is 77.0 Å². The molecular weight excluding hydrogens is 320 g/mol. The normalized spacial score (nSPS) is 13.8. The van der Waals surface area contributed by atoms with Crippen LogP contribution in [0.4, 0.5) is 14.6 Å². The van der Waals surface area contributed by atoms with Crippen LogP contribution in [0.25, 0.3) is 5.69 Å². The molecule has 0 saturated heterocycles. The first kappa shape index (κ1) is 15.8. The van der Waals surface area contributed by atoms with Crippen LogP contribution in [-0.4, -0.2) is 16.3 Å². The van der Waals surface area contributed by atoms with E-state index in [1.807, 2.05) is 6.07 Å². The van der Waals surface area contributed by atoms with E-state index in [0.717, 1.165) is 42.9 Å². The molecule has 5 heteroatoms. The summed E-state index contributed by atoms with van der Waals surface area (Å²) < 4.78 is 30.0. The van der Waals surface area contributed by atoms with Gasteiger partial charge in [0, 0.05) is 18.5 Å². The Morgan fingerprint density at radius 2 is 1.72 bits per heavy atom. The highest BCUT2D eigenvalue weighted by atomic mass is 19.1. The fourth-order valence-electron chi connectivity index (χ4n) is 3.34. The maximum absolute atomic E-state index is 14.3. The van der Waals surface area contributed by atoms with Crippen molar-refractivity contribution >= 4 is 5.82 Å². The quantitative estimate of drug-likeness (QED) is 0.762. The van der Waals surface area contributed by atoms with E-state index in [-0.39, 0.29) is 11.6 Å². The van der Waals surface area contributed by atoms with Crippen LogP contribution in [0, 0.1) is 11.6 Å². The second-order valence-corrected chi connectivity index (χ2v) is 6.29. The van der Waals surface area contributed by atoms with E-state index in [1.165, 1.54) is 12.1 Å². The Kier molecular flexibility index (Phi) is 4.22. The summed E-state index contributed by atoms with van der Waals surface area (Å²) in [5.74, 6) is 0.267. The van der Waals surface area contributed by atoms with Crippen LogP contribution in [0.3, 0.4) is 0 Å². The Morgan fingerprint density at radius 3 is 2.52 bits per heavy atom. The van der Waals surface area contributed by atoms with Crippen LogP contribution < -0.4 is 5.32 Å². The molecular formula is C20H19F2N3. The summed E-state index contributed by atoms with van der Waals surface area (Å²) in [5, 5.41) is 8.03. The third kappa shape index (κ3) is 3.02. The molecule has 0 amide bonds. The smallest absolute Gasteiger partial charge is 0.148 e. The van der Waals surface area contributed by atoms with Crippen LogP contribution in [-0.2, 0) is 12.8 Å². The fourth-order valence-corrected chi connectivity index (χ4v) is 3.34. The molecule has 1 aliphatic rings. The molecule has 0 bridgehead atoms. The van der Waals surface area contributed by atoms with Gasteiger partial charge in [-0.25, -0.2) is 13.5 Å². The lowest BCUT2D eigenvalue weighted by Gasteiger charge is -2.09. The van der Waals surface area contributed by atoms with E-state index in [9.17, 15) is 8.78 Å². The fraction of sp³-hybridized carbons (Fsp3) is 0.250. The van der Waals surface area contributed by atoms with Crippen molar-refractivity contribution in [1.82, 2.24) is 9.78 Å². The molecule has 1 aromatic heterocycles. The summed E-state index contributed by atoms with van der Waals surface area (Å²) in [4.78, 5) is 0. The van der Waals surface area contributed by atoms with Gasteiger partial charge in [-0.3, -0.25) is 0 Å². The Bertz CT molecular complexity index is 902. The minimum atomic E-state index is -0.323. The van der Waals surface area contributed by atoms with Crippen LogP contribution in [0.1, 0.15) is 29.7 Å². The predicted octanol–water partition coefficient (Wildman–Crippen LogP) is 4.49. The van der Waals surface area contributed by atoms with Crippen LogP contribution >= 0.6 is 0 Å². The summed E-state index contributed by atoms with van der Waals surface area (Å²) in [5.41, 5.74) is 2.88. The molecule has 1 aliphatic heterocycles. The highest BCUT2D eigenvalue weighted by Gasteiger charge is 2.22. The monoisotopic (exact) mass is 339 g/mol. The van der Waals surface area contributed by atoms with E-state index in [0.29, 0.717) is 17.7 Å². The minimum absolute atomic E-state index is 0.238. The average molecular weight is 339 g/mol. The Morgan fingerprint density at radius 1 is 0.960 bits per heavy atom. The first-order chi connectivity index (χ1) is 12.2. The molecule has 0 fully saturated rings. The number of aromatic nitrogens is 2. The average Bonchev–Trinajstić information content (AvgIpc) is 2.80. The maximum Gasteiger partial charge on any atom is 0.148 e. The molecule has 2 heterocycles. The number of hydrogen-bond acceptors (Lipinski definition) is 2. The molecule has 3 aromatic rings. The SMILES string of the molecule is Fc1ccccc1Cc1nn(-c2ccccc2F)c2c1CCCCN2. The van der Waals surface area contributed by atoms with E-state index >= 15 is 0 Å². The Labute approximate surface area is 145 Å². The minimum Gasteiger partial charge on any atom is -0.370 e. The van der Waals surface area contributed by atoms with Gasteiger partial charge in [0.15, 0.2) is 0 Å². The zero-order valence-corrected chi connectivity index (χ0v) is 13.8. The zero-order chi connectivity index (χ0) is 17.2. The molecule has 3 nitrogen and oxygen atoms in total. The van der Waals surface area contributed by atoms with Crippen molar-refractivity contribution in [1.29, 1.82) is 0 Å². The summed E-state index contributed by atoms with van der Waals surface area (Å²) >= 11 is 0. The lowest BCUT2D eigenvalue weighted by Crippen LogP contribution is -2.08. The largest absolute Gasteiger partial charge is 0.370 e. The Hall–Kier alpha value is -2.69. The molecule has 0 aliphatic carbocycles. The number of anilines is 1. The third-order valence-electron chi connectivity index (χ3n) is 4.61. The molecule has 128 valence electrons. The van der Waals surface area contributed by atoms with Gasteiger partial charge in [0.1, 0.15) is 23.1 Å². The van der Waals surface area contributed by atoms with Crippen LogP contribution in [0.5, 0.6) is 0 Å². The van der Waals surface area contributed by atoms with Gasteiger partial charge in [0.2, 0.25) is 0 Å². The van der Waals surface area contributed by atoms with Crippen molar-refractivity contribution < 1.29 is 8.78 Å². The van der Waals surface area contributed by atoms with Gasteiger partial charge in [-0.2, -0.15) is 5.10 Å². The third-order valence-corrected chi connectivity index (χ3v) is 4.61. The second kappa shape index (κ2) is 6.67. The number of halogens is 2. The first-order valence-electron chi connectivity index (χ1n) is 8.57. The molecule has 0 unspecified atom stereocenters. The lowest BCUT2D eigenvalue weighted by atomic mass is 10.0. The zero-order valence-electron chi connectivity index (χ0n) is 13.8. The summed E-state index contributed by atoms with van der Waals surface area (Å²) in [6.45, 7) is 0.826. The van der Waals surface area contributed by atoms with Gasteiger partial charge in [0.05, 0.1) is 5.69 Å². The first-order valence-corrected chi connectivity index (χ1v) is 8.57. The molecule has 0 radical (unpaired) electrons. The molecule has 0 atom stereocenters. The standard InChI is InChI=1S/C20H19F2N3/c21-16-9-2-1-7-14(16)13-18-15-8-5-6-12-23-20(15)25(24-18)19-11-4-3-10-17(19)22/h1-4,7,9-11,23H,5-6,8,12-13H2. The van der Waals surface area contributed by atoms with Gasteiger partial charge >= 0.3 is 0 Å². The van der Waals surface area contributed by atoms with Crippen molar-refractivity contribution in [2.75, 3.05) is 11.9 Å². The molecule has 2 aromatic carbocycles. The topological polar surface area (TPSA) is 29.9 Å². The van der Waals surface area contributed by atoms with Gasteiger partial charge < -0.3 is 5.32 Å². The van der Waals surface area contributed by atoms with Crippen molar-refractivity contribution in [2.45, 2.75) is 25.7 Å². The Balaban J connectivity index is 1.82. The predicted molar refractivity (Wildman–Crippen MR) is 94.2 cm³/mol. The van der Waals surface area contributed by atoms with Crippen LogP contribution in [0.2, 0.25) is 0 Å². The lowest BCUT2D eigenvalue weighted by molar-refractivity contribution is 0.606. The number of benzene rings is 2. The summed E-state index contributed by atoms with van der Waals surface area (Å²) in [6.07, 6.45) is 3.34. The number of rotatable bonds is 3. The summed E-state index contributed by atoms with van der Waals surface area (Å²) in [7, 11) is 0. The van der Waals surface area contributed by atoms with Crippen molar-refractivity contribution in [3.63, 3.8) is 0 Å². The second-order valence-electron chi connectivity index (χ2n) is 6.29. The molecule has 0 spiro atoms. The highest BCUT2D eigenvalue weighted by Crippen LogP contribution is 2.30. The van der Waals surface area contributed by atoms with Crippen molar-refractivity contribution in [2.24, 2.45) is 0 Å². The summed E-state index contributed by atoms with van der Waals surface area (Å²) in [6, 6.07) is 13.3. The number of hydrogen-bond donors (Lipinski definition) is 1. The van der Waals surface area contributed by atoms with Gasteiger partial charge in [-0.15, -0.1) is 0 Å². The van der Waals surface area contributed by atoms with Gasteiger partial charge in [-0.1, -0.05) is 30.3 Å². The van der Waals surface area contributed by atoms with Gasteiger partial charge in [0.25, 0.3) is 0 Å². The number of nitrogens with one attached hydrogen (secondary N) is 1. The van der Waals surface area contributed by atoms with E-state index in [4.69, 9.17) is 0 Å².